The van der Waals surface area contributed by atoms with E-state index in [1.165, 1.54) is 11.4 Å². The summed E-state index contributed by atoms with van der Waals surface area (Å²) in [7, 11) is 0. The Morgan fingerprint density at radius 3 is 2.90 bits per heavy atom. The maximum atomic E-state index is 9.47. The molecule has 1 N–H and O–H groups in total. The van der Waals surface area contributed by atoms with E-state index >= 15 is 0 Å². The van der Waals surface area contributed by atoms with Gasteiger partial charge in [0.1, 0.15) is 5.47 Å². The first-order valence-corrected chi connectivity index (χ1v) is 7.53. The molecule has 0 spiro atoms. The molecule has 1 rings (SSSR count). The molecule has 0 radical (unpaired) electrons. The van der Waals surface area contributed by atoms with Crippen LogP contribution in [0.5, 0.6) is 0 Å². The largest absolute Gasteiger partial charge is 0.357 e. The fourth-order valence-corrected chi connectivity index (χ4v) is 6.03. The Balaban J connectivity index is 2.58. The molecular formula is C6H9OPS2. The molecule has 0 aliphatic carbocycles. The number of hydrogen-bond donors (Lipinski definition) is 1. The van der Waals surface area contributed by atoms with Crippen LogP contribution in [0.1, 0.15) is 12.8 Å². The van der Waals surface area contributed by atoms with Crippen molar-refractivity contribution in [3.8, 4) is 12.3 Å². The maximum Gasteiger partial charge on any atom is 0.118 e. The Labute approximate surface area is 70.4 Å². The fraction of sp³-hybridized carbons (Fsp3) is 0.667. The Kier molecular flexibility index (Phi) is 2.82. The SMILES string of the molecule is C#CC1CCCP(O)(=S)S1. The lowest BCUT2D eigenvalue weighted by molar-refractivity contribution is 0.628. The third-order valence-electron chi connectivity index (χ3n) is 1.38. The highest BCUT2D eigenvalue weighted by atomic mass is 32.9. The van der Waals surface area contributed by atoms with Crippen LogP contribution in [0.25, 0.3) is 0 Å². The van der Waals surface area contributed by atoms with E-state index in [9.17, 15) is 4.89 Å². The molecule has 1 aliphatic heterocycles. The van der Waals surface area contributed by atoms with E-state index in [1.54, 1.807) is 0 Å². The summed E-state index contributed by atoms with van der Waals surface area (Å²) in [6, 6.07) is 0. The summed E-state index contributed by atoms with van der Waals surface area (Å²) in [5.74, 6) is 2.62. The van der Waals surface area contributed by atoms with Gasteiger partial charge in [0.2, 0.25) is 0 Å². The highest BCUT2D eigenvalue weighted by molar-refractivity contribution is 8.69. The molecule has 0 aromatic carbocycles. The van der Waals surface area contributed by atoms with Gasteiger partial charge in [-0.3, -0.25) is 0 Å². The average Bonchev–Trinajstić information content (AvgIpc) is 1.86. The van der Waals surface area contributed by atoms with Crippen LogP contribution in [0.4, 0.5) is 0 Å². The van der Waals surface area contributed by atoms with Crippen LogP contribution < -0.4 is 0 Å². The van der Waals surface area contributed by atoms with E-state index in [0.717, 1.165) is 19.0 Å². The molecule has 0 bridgehead atoms. The lowest BCUT2D eigenvalue weighted by atomic mass is 10.2. The predicted molar refractivity (Wildman–Crippen MR) is 50.8 cm³/mol. The van der Waals surface area contributed by atoms with Gasteiger partial charge in [0.25, 0.3) is 0 Å². The van der Waals surface area contributed by atoms with Gasteiger partial charge in [-0.05, 0) is 12.8 Å². The minimum atomic E-state index is -2.05. The topological polar surface area (TPSA) is 20.2 Å². The Hall–Kier alpha value is 0.520. The van der Waals surface area contributed by atoms with Gasteiger partial charge in [-0.15, -0.1) is 6.42 Å². The second kappa shape index (κ2) is 3.28. The number of terminal acetylenes is 1. The summed E-state index contributed by atoms with van der Waals surface area (Å²) in [6.07, 6.45) is 8.02. The molecule has 1 fully saturated rings. The summed E-state index contributed by atoms with van der Waals surface area (Å²) < 4.78 is 0. The molecule has 1 nitrogen and oxygen atoms in total. The monoisotopic (exact) mass is 192 g/mol. The van der Waals surface area contributed by atoms with Gasteiger partial charge >= 0.3 is 0 Å². The molecule has 56 valence electrons. The average molecular weight is 192 g/mol. The van der Waals surface area contributed by atoms with E-state index in [-0.39, 0.29) is 5.25 Å². The van der Waals surface area contributed by atoms with Crippen LogP contribution >= 0.6 is 16.8 Å². The van der Waals surface area contributed by atoms with Crippen molar-refractivity contribution in [2.45, 2.75) is 18.1 Å². The molecule has 1 heterocycles. The normalized spacial score (nSPS) is 40.6. The lowest BCUT2D eigenvalue weighted by Crippen LogP contribution is -2.06. The van der Waals surface area contributed by atoms with Crippen molar-refractivity contribution >= 4 is 28.7 Å². The molecule has 1 saturated heterocycles. The summed E-state index contributed by atoms with van der Waals surface area (Å²) in [4.78, 5) is 9.47. The van der Waals surface area contributed by atoms with E-state index in [2.05, 4.69) is 5.92 Å². The molecule has 0 aromatic heterocycles. The van der Waals surface area contributed by atoms with Crippen LogP contribution in [-0.2, 0) is 11.8 Å². The van der Waals surface area contributed by atoms with Crippen LogP contribution in [-0.4, -0.2) is 16.3 Å². The Bertz CT molecular complexity index is 208. The molecule has 10 heavy (non-hydrogen) atoms. The minimum absolute atomic E-state index is 0.171. The Morgan fingerprint density at radius 1 is 1.80 bits per heavy atom. The smallest absolute Gasteiger partial charge is 0.118 e. The van der Waals surface area contributed by atoms with Gasteiger partial charge in [-0.25, -0.2) is 0 Å². The third-order valence-corrected chi connectivity index (χ3v) is 6.84. The van der Waals surface area contributed by atoms with Crippen molar-refractivity contribution in [2.75, 3.05) is 6.16 Å². The quantitative estimate of drug-likeness (QED) is 0.467. The first-order chi connectivity index (χ1) is 4.64. The van der Waals surface area contributed by atoms with Crippen molar-refractivity contribution in [2.24, 2.45) is 0 Å². The third kappa shape index (κ3) is 2.29. The summed E-state index contributed by atoms with van der Waals surface area (Å²) in [6.45, 7) is 0. The zero-order chi connectivity index (χ0) is 7.61. The summed E-state index contributed by atoms with van der Waals surface area (Å²) in [5.41, 5.74) is -2.05. The summed E-state index contributed by atoms with van der Waals surface area (Å²) in [5, 5.41) is 0.171. The number of hydrogen-bond acceptors (Lipinski definition) is 2. The van der Waals surface area contributed by atoms with Gasteiger partial charge in [-0.1, -0.05) is 29.1 Å². The van der Waals surface area contributed by atoms with Gasteiger partial charge in [0.05, 0.1) is 5.25 Å². The molecule has 0 aromatic rings. The van der Waals surface area contributed by atoms with E-state index in [4.69, 9.17) is 18.2 Å². The van der Waals surface area contributed by atoms with Crippen molar-refractivity contribution in [1.29, 1.82) is 0 Å². The molecular weight excluding hydrogens is 183 g/mol. The van der Waals surface area contributed by atoms with Crippen molar-refractivity contribution in [3.63, 3.8) is 0 Å². The molecule has 2 unspecified atom stereocenters. The second-order valence-electron chi connectivity index (χ2n) is 2.26. The molecule has 2 atom stereocenters. The highest BCUT2D eigenvalue weighted by Crippen LogP contribution is 2.60. The van der Waals surface area contributed by atoms with Gasteiger partial charge < -0.3 is 4.89 Å². The van der Waals surface area contributed by atoms with Crippen molar-refractivity contribution in [1.82, 2.24) is 0 Å². The standard InChI is InChI=1S/C6H9OPS2/c1-2-6-4-3-5-8(7,9)10-6/h1,6H,3-5H2,(H,7,9). The first kappa shape index (κ1) is 8.62. The fourth-order valence-electron chi connectivity index (χ4n) is 0.894. The van der Waals surface area contributed by atoms with E-state index in [1.807, 2.05) is 0 Å². The van der Waals surface area contributed by atoms with E-state index < -0.39 is 5.47 Å². The first-order valence-electron chi connectivity index (χ1n) is 3.10. The zero-order valence-electron chi connectivity index (χ0n) is 5.49. The lowest BCUT2D eigenvalue weighted by Gasteiger charge is -2.23. The van der Waals surface area contributed by atoms with Crippen LogP contribution in [0.2, 0.25) is 0 Å². The molecule has 0 amide bonds. The number of rotatable bonds is 0. The maximum absolute atomic E-state index is 9.47. The van der Waals surface area contributed by atoms with Crippen molar-refractivity contribution in [3.05, 3.63) is 0 Å². The van der Waals surface area contributed by atoms with Crippen LogP contribution in [0.3, 0.4) is 0 Å². The predicted octanol–water partition coefficient (Wildman–Crippen LogP) is 1.82. The second-order valence-corrected chi connectivity index (χ2v) is 9.72. The van der Waals surface area contributed by atoms with E-state index in [0.29, 0.717) is 0 Å². The molecule has 4 heteroatoms. The van der Waals surface area contributed by atoms with Gasteiger partial charge in [-0.2, -0.15) is 0 Å². The minimum Gasteiger partial charge on any atom is -0.357 e. The van der Waals surface area contributed by atoms with Gasteiger partial charge in [0.15, 0.2) is 0 Å². The van der Waals surface area contributed by atoms with Gasteiger partial charge in [0, 0.05) is 6.16 Å². The Morgan fingerprint density at radius 2 is 2.50 bits per heavy atom. The van der Waals surface area contributed by atoms with Crippen LogP contribution in [0, 0.1) is 12.3 Å². The van der Waals surface area contributed by atoms with Crippen LogP contribution in [0.15, 0.2) is 0 Å². The molecule has 0 saturated carbocycles. The highest BCUT2D eigenvalue weighted by Gasteiger charge is 2.24. The molecule has 1 aliphatic rings. The summed E-state index contributed by atoms with van der Waals surface area (Å²) >= 11 is 6.41. The van der Waals surface area contributed by atoms with Crippen molar-refractivity contribution < 1.29 is 4.89 Å². The zero-order valence-corrected chi connectivity index (χ0v) is 8.01.